The lowest BCUT2D eigenvalue weighted by molar-refractivity contribution is -0.145. The molecule has 0 aliphatic carbocycles. The number of nitrogens with zero attached hydrogens (tertiary/aromatic N) is 1. The van der Waals surface area contributed by atoms with Crippen LogP contribution in [0.3, 0.4) is 0 Å². The van der Waals surface area contributed by atoms with Crippen LogP contribution < -0.4 is 5.32 Å². The predicted octanol–water partition coefficient (Wildman–Crippen LogP) is 1.17. The van der Waals surface area contributed by atoms with Crippen molar-refractivity contribution in [2.75, 3.05) is 18.4 Å². The molecule has 0 aromatic heterocycles. The highest BCUT2D eigenvalue weighted by Gasteiger charge is 2.31. The maximum absolute atomic E-state index is 12.1. The topological polar surface area (TPSA) is 69.6 Å². The van der Waals surface area contributed by atoms with Gasteiger partial charge in [0, 0.05) is 18.8 Å². The van der Waals surface area contributed by atoms with Crippen molar-refractivity contribution in [3.63, 3.8) is 0 Å². The van der Waals surface area contributed by atoms with Crippen LogP contribution in [0.5, 0.6) is 0 Å². The molecule has 1 aromatic carbocycles. The third-order valence-corrected chi connectivity index (χ3v) is 3.00. The minimum absolute atomic E-state index is 0.358. The summed E-state index contributed by atoms with van der Waals surface area (Å²) in [6, 6.07) is 7.71. The smallest absolute Gasteiger partial charge is 0.336 e. The number of aliphatic carboxylic acids is 1. The Hall–Kier alpha value is -2.04. The summed E-state index contributed by atoms with van der Waals surface area (Å²) < 4.78 is 0. The Labute approximate surface area is 105 Å². The van der Waals surface area contributed by atoms with Gasteiger partial charge in [-0.3, -0.25) is 4.79 Å². The fraction of sp³-hybridized carbons (Fsp3) is 0.385. The number of amides is 1. The number of benzene rings is 1. The summed E-state index contributed by atoms with van der Waals surface area (Å²) in [5.74, 6) is -1.50. The van der Waals surface area contributed by atoms with Crippen molar-refractivity contribution in [3.8, 4) is 0 Å². The minimum Gasteiger partial charge on any atom is -0.479 e. The van der Waals surface area contributed by atoms with Crippen molar-refractivity contribution >= 4 is 17.6 Å². The quantitative estimate of drug-likeness (QED) is 0.785. The van der Waals surface area contributed by atoms with Crippen molar-refractivity contribution < 1.29 is 14.7 Å². The molecule has 5 heteroatoms. The van der Waals surface area contributed by atoms with Gasteiger partial charge < -0.3 is 15.3 Å². The molecule has 0 spiro atoms. The van der Waals surface area contributed by atoms with Gasteiger partial charge >= 0.3 is 5.97 Å². The van der Waals surface area contributed by atoms with Crippen molar-refractivity contribution in [2.45, 2.75) is 18.9 Å². The van der Waals surface area contributed by atoms with Crippen LogP contribution in [0.1, 0.15) is 12.8 Å². The largest absolute Gasteiger partial charge is 0.479 e. The van der Waals surface area contributed by atoms with E-state index >= 15 is 0 Å². The Balaban J connectivity index is 2.08. The third-order valence-electron chi connectivity index (χ3n) is 3.00. The monoisotopic (exact) mass is 248 g/mol. The van der Waals surface area contributed by atoms with E-state index in [4.69, 9.17) is 5.11 Å². The molecule has 1 atom stereocenters. The number of nitrogens with one attached hydrogen (secondary N) is 1. The molecule has 18 heavy (non-hydrogen) atoms. The second-order valence-electron chi connectivity index (χ2n) is 4.31. The van der Waals surface area contributed by atoms with Crippen LogP contribution in [-0.4, -0.2) is 41.0 Å². The van der Waals surface area contributed by atoms with Crippen molar-refractivity contribution in [1.29, 1.82) is 0 Å². The molecule has 1 amide bonds. The SMILES string of the molecule is O=C(O)C(Nc1ccccc1)C(=O)N1CCCC1. The van der Waals surface area contributed by atoms with E-state index in [0.717, 1.165) is 12.8 Å². The van der Waals surface area contributed by atoms with Crippen LogP contribution in [-0.2, 0) is 9.59 Å². The van der Waals surface area contributed by atoms with E-state index in [1.807, 2.05) is 6.07 Å². The molecule has 1 unspecified atom stereocenters. The molecule has 0 saturated carbocycles. The molecule has 1 fully saturated rings. The minimum atomic E-state index is -1.20. The maximum atomic E-state index is 12.1. The molecule has 1 aromatic rings. The zero-order valence-corrected chi connectivity index (χ0v) is 10.0. The van der Waals surface area contributed by atoms with E-state index in [-0.39, 0.29) is 5.91 Å². The highest BCUT2D eigenvalue weighted by molar-refractivity contribution is 6.03. The number of rotatable bonds is 4. The molecule has 5 nitrogen and oxygen atoms in total. The van der Waals surface area contributed by atoms with Gasteiger partial charge in [-0.25, -0.2) is 4.79 Å². The first-order valence-electron chi connectivity index (χ1n) is 6.01. The lowest BCUT2D eigenvalue weighted by Gasteiger charge is -2.21. The molecule has 0 radical (unpaired) electrons. The molecule has 2 N–H and O–H groups in total. The van der Waals surface area contributed by atoms with Gasteiger partial charge in [0.05, 0.1) is 0 Å². The van der Waals surface area contributed by atoms with E-state index in [1.165, 1.54) is 0 Å². The number of hydrogen-bond donors (Lipinski definition) is 2. The summed E-state index contributed by atoms with van der Waals surface area (Å²) in [6.07, 6.45) is 1.90. The van der Waals surface area contributed by atoms with Crippen LogP contribution in [0.4, 0.5) is 5.69 Å². The average molecular weight is 248 g/mol. The van der Waals surface area contributed by atoms with Crippen LogP contribution in [0.15, 0.2) is 30.3 Å². The second kappa shape index (κ2) is 5.53. The highest BCUT2D eigenvalue weighted by atomic mass is 16.4. The molecule has 2 rings (SSSR count). The maximum Gasteiger partial charge on any atom is 0.336 e. The van der Waals surface area contributed by atoms with Gasteiger partial charge in [0.25, 0.3) is 5.91 Å². The summed E-state index contributed by atoms with van der Waals surface area (Å²) in [5, 5.41) is 11.9. The standard InChI is InChI=1S/C13H16N2O3/c16-12(15-8-4-5-9-15)11(13(17)18)14-10-6-2-1-3-7-10/h1-3,6-7,11,14H,4-5,8-9H2,(H,17,18). The fourth-order valence-corrected chi connectivity index (χ4v) is 2.05. The Morgan fingerprint density at radius 2 is 1.78 bits per heavy atom. The number of carboxylic acids is 1. The van der Waals surface area contributed by atoms with E-state index in [2.05, 4.69) is 5.32 Å². The number of likely N-dealkylation sites (tertiary alicyclic amines) is 1. The molecule has 96 valence electrons. The normalized spacial score (nSPS) is 16.3. The Bertz CT molecular complexity index is 427. The Kier molecular flexibility index (Phi) is 3.82. The zero-order chi connectivity index (χ0) is 13.0. The fourth-order valence-electron chi connectivity index (χ4n) is 2.05. The molecule has 1 heterocycles. The second-order valence-corrected chi connectivity index (χ2v) is 4.31. The van der Waals surface area contributed by atoms with Crippen LogP contribution in [0.25, 0.3) is 0 Å². The van der Waals surface area contributed by atoms with Gasteiger partial charge in [0.2, 0.25) is 6.04 Å². The van der Waals surface area contributed by atoms with Gasteiger partial charge in [-0.15, -0.1) is 0 Å². The highest BCUT2D eigenvalue weighted by Crippen LogP contribution is 2.13. The van der Waals surface area contributed by atoms with Gasteiger partial charge in [-0.1, -0.05) is 18.2 Å². The van der Waals surface area contributed by atoms with E-state index in [1.54, 1.807) is 29.2 Å². The summed E-state index contributed by atoms with van der Waals surface area (Å²) in [6.45, 7) is 1.30. The molecule has 1 aliphatic heterocycles. The van der Waals surface area contributed by atoms with Gasteiger partial charge in [0.1, 0.15) is 0 Å². The first kappa shape index (κ1) is 12.4. The lowest BCUT2D eigenvalue weighted by Crippen LogP contribution is -2.46. The number of carboxylic acid groups (broad SMARTS) is 1. The van der Waals surface area contributed by atoms with Crippen molar-refractivity contribution in [3.05, 3.63) is 30.3 Å². The first-order valence-corrected chi connectivity index (χ1v) is 6.01. The zero-order valence-electron chi connectivity index (χ0n) is 10.0. The molecular formula is C13H16N2O3. The predicted molar refractivity (Wildman–Crippen MR) is 67.3 cm³/mol. The summed E-state index contributed by atoms with van der Waals surface area (Å²) >= 11 is 0. The molecule has 1 saturated heterocycles. The lowest BCUT2D eigenvalue weighted by atomic mass is 10.2. The van der Waals surface area contributed by atoms with Gasteiger partial charge in [-0.05, 0) is 25.0 Å². The van der Waals surface area contributed by atoms with Crippen molar-refractivity contribution in [1.82, 2.24) is 4.90 Å². The van der Waals surface area contributed by atoms with Crippen molar-refractivity contribution in [2.24, 2.45) is 0 Å². The number of carbonyl (C=O) groups is 2. The van der Waals surface area contributed by atoms with Gasteiger partial charge in [0.15, 0.2) is 0 Å². The number of para-hydroxylation sites is 1. The van der Waals surface area contributed by atoms with E-state index < -0.39 is 12.0 Å². The number of carbonyl (C=O) groups excluding carboxylic acids is 1. The summed E-state index contributed by atoms with van der Waals surface area (Å²) in [5.41, 5.74) is 0.637. The summed E-state index contributed by atoms with van der Waals surface area (Å²) in [4.78, 5) is 24.9. The van der Waals surface area contributed by atoms with Crippen LogP contribution >= 0.6 is 0 Å². The summed E-state index contributed by atoms with van der Waals surface area (Å²) in [7, 11) is 0. The molecule has 1 aliphatic rings. The third kappa shape index (κ3) is 2.80. The number of anilines is 1. The molecule has 0 bridgehead atoms. The first-order chi connectivity index (χ1) is 8.68. The van der Waals surface area contributed by atoms with E-state index in [0.29, 0.717) is 18.8 Å². The van der Waals surface area contributed by atoms with Crippen LogP contribution in [0.2, 0.25) is 0 Å². The Morgan fingerprint density at radius 3 is 2.33 bits per heavy atom. The van der Waals surface area contributed by atoms with Crippen LogP contribution in [0, 0.1) is 0 Å². The average Bonchev–Trinajstić information content (AvgIpc) is 2.90. The number of hydrogen-bond acceptors (Lipinski definition) is 3. The Morgan fingerprint density at radius 1 is 1.17 bits per heavy atom. The van der Waals surface area contributed by atoms with Gasteiger partial charge in [-0.2, -0.15) is 0 Å². The van der Waals surface area contributed by atoms with E-state index in [9.17, 15) is 9.59 Å². The molecular weight excluding hydrogens is 232 g/mol.